The fourth-order valence-corrected chi connectivity index (χ4v) is 2.90. The van der Waals surface area contributed by atoms with E-state index in [4.69, 9.17) is 9.15 Å². The van der Waals surface area contributed by atoms with Gasteiger partial charge in [0.25, 0.3) is 5.91 Å². The van der Waals surface area contributed by atoms with Crippen LogP contribution < -0.4 is 15.4 Å². The summed E-state index contributed by atoms with van der Waals surface area (Å²) in [6.07, 6.45) is 1.37. The highest BCUT2D eigenvalue weighted by atomic mass is 16.5. The van der Waals surface area contributed by atoms with E-state index in [1.807, 2.05) is 42.5 Å². The van der Waals surface area contributed by atoms with Crippen LogP contribution in [-0.4, -0.2) is 33.7 Å². The van der Waals surface area contributed by atoms with E-state index in [9.17, 15) is 9.59 Å². The summed E-state index contributed by atoms with van der Waals surface area (Å²) >= 11 is 0. The van der Waals surface area contributed by atoms with Crippen LogP contribution in [0.1, 0.15) is 16.1 Å². The third-order valence-electron chi connectivity index (χ3n) is 4.35. The second-order valence-electron chi connectivity index (χ2n) is 6.47. The lowest BCUT2D eigenvalue weighted by atomic mass is 10.2. The molecule has 2 aromatic carbocycles. The van der Waals surface area contributed by atoms with E-state index in [1.165, 1.54) is 18.1 Å². The highest BCUT2D eigenvalue weighted by Crippen LogP contribution is 2.28. The number of furan rings is 1. The van der Waals surface area contributed by atoms with Gasteiger partial charge < -0.3 is 14.5 Å². The van der Waals surface area contributed by atoms with Gasteiger partial charge in [-0.1, -0.05) is 42.5 Å². The van der Waals surface area contributed by atoms with Gasteiger partial charge in [-0.25, -0.2) is 9.67 Å². The first kappa shape index (κ1) is 19.2. The van der Waals surface area contributed by atoms with Gasteiger partial charge in [-0.2, -0.15) is 0 Å². The smallest absolute Gasteiger partial charge is 0.293 e. The van der Waals surface area contributed by atoms with Crippen LogP contribution in [0, 0.1) is 0 Å². The molecule has 0 spiro atoms. The highest BCUT2D eigenvalue weighted by Gasteiger charge is 2.16. The second-order valence-corrected chi connectivity index (χ2v) is 6.47. The fraction of sp³-hybridized carbons (Fsp3) is 0.143. The van der Waals surface area contributed by atoms with Crippen LogP contribution in [0.2, 0.25) is 0 Å². The normalized spacial score (nSPS) is 10.7. The van der Waals surface area contributed by atoms with E-state index in [-0.39, 0.29) is 24.2 Å². The molecule has 0 unspecified atom stereocenters. The van der Waals surface area contributed by atoms with Crippen molar-refractivity contribution >= 4 is 28.7 Å². The van der Waals surface area contributed by atoms with Gasteiger partial charge in [0.05, 0.1) is 7.11 Å². The van der Waals surface area contributed by atoms with Gasteiger partial charge in [-0.15, -0.1) is 5.10 Å². The molecule has 9 heteroatoms. The Bertz CT molecular complexity index is 1180. The number of amides is 2. The standard InChI is InChI=1S/C21H19N5O4/c1-29-16-9-5-8-15-10-17(30-19(15)16)20(28)24-21-23-13-26(25-21)12-18(27)22-11-14-6-3-2-4-7-14/h2-10,13H,11-12H2,1H3,(H,22,27)(H,24,25,28). The molecule has 0 aliphatic heterocycles. The minimum atomic E-state index is -0.500. The largest absolute Gasteiger partial charge is 0.493 e. The van der Waals surface area contributed by atoms with Gasteiger partial charge in [0.15, 0.2) is 17.1 Å². The number of rotatable bonds is 7. The third kappa shape index (κ3) is 4.30. The van der Waals surface area contributed by atoms with Crippen LogP contribution in [-0.2, 0) is 17.9 Å². The molecule has 2 heterocycles. The van der Waals surface area contributed by atoms with E-state index in [1.54, 1.807) is 12.1 Å². The van der Waals surface area contributed by atoms with Crippen molar-refractivity contribution in [1.29, 1.82) is 0 Å². The van der Waals surface area contributed by atoms with Crippen molar-refractivity contribution in [2.24, 2.45) is 0 Å². The third-order valence-corrected chi connectivity index (χ3v) is 4.35. The molecule has 2 N–H and O–H groups in total. The van der Waals surface area contributed by atoms with Crippen molar-refractivity contribution in [3.8, 4) is 5.75 Å². The summed E-state index contributed by atoms with van der Waals surface area (Å²) in [6.45, 7) is 0.408. The molecule has 0 radical (unpaired) electrons. The molecule has 2 aromatic heterocycles. The van der Waals surface area contributed by atoms with Crippen LogP contribution in [0.15, 0.2) is 65.3 Å². The number of aromatic nitrogens is 3. The number of para-hydroxylation sites is 1. The lowest BCUT2D eigenvalue weighted by molar-refractivity contribution is -0.122. The van der Waals surface area contributed by atoms with Gasteiger partial charge >= 0.3 is 0 Å². The molecular weight excluding hydrogens is 386 g/mol. The van der Waals surface area contributed by atoms with Crippen LogP contribution in [0.4, 0.5) is 5.95 Å². The maximum atomic E-state index is 12.5. The molecule has 9 nitrogen and oxygen atoms in total. The minimum Gasteiger partial charge on any atom is -0.493 e. The Morgan fingerprint density at radius 2 is 1.97 bits per heavy atom. The van der Waals surface area contributed by atoms with Crippen LogP contribution in [0.5, 0.6) is 5.75 Å². The number of hydrogen-bond acceptors (Lipinski definition) is 6. The average molecular weight is 405 g/mol. The summed E-state index contributed by atoms with van der Waals surface area (Å²) in [5.74, 6) is -0.00394. The molecule has 0 saturated carbocycles. The summed E-state index contributed by atoms with van der Waals surface area (Å²) in [7, 11) is 1.53. The Morgan fingerprint density at radius 1 is 1.13 bits per heavy atom. The van der Waals surface area contributed by atoms with E-state index >= 15 is 0 Å². The fourth-order valence-electron chi connectivity index (χ4n) is 2.90. The summed E-state index contributed by atoms with van der Waals surface area (Å²) in [4.78, 5) is 28.6. The molecule has 4 rings (SSSR count). The molecule has 0 bridgehead atoms. The van der Waals surface area contributed by atoms with Gasteiger partial charge in [-0.3, -0.25) is 14.9 Å². The quantitative estimate of drug-likeness (QED) is 0.489. The molecule has 0 saturated heterocycles. The molecule has 0 aliphatic rings. The van der Waals surface area contributed by atoms with E-state index in [0.717, 1.165) is 10.9 Å². The lowest BCUT2D eigenvalue weighted by Gasteiger charge is -2.05. The molecule has 4 aromatic rings. The van der Waals surface area contributed by atoms with Crippen molar-refractivity contribution in [3.63, 3.8) is 0 Å². The molecule has 0 fully saturated rings. The SMILES string of the molecule is COc1cccc2cc(C(=O)Nc3ncn(CC(=O)NCc4ccccc4)n3)oc12. The summed E-state index contributed by atoms with van der Waals surface area (Å²) in [5, 5.41) is 10.2. The Kier molecular flexibility index (Phi) is 5.42. The number of methoxy groups -OCH3 is 1. The number of nitrogens with one attached hydrogen (secondary N) is 2. The van der Waals surface area contributed by atoms with Crippen LogP contribution >= 0.6 is 0 Å². The number of hydrogen-bond donors (Lipinski definition) is 2. The van der Waals surface area contributed by atoms with Gasteiger partial charge in [0.2, 0.25) is 11.9 Å². The number of carbonyl (C=O) groups is 2. The predicted molar refractivity (Wildman–Crippen MR) is 109 cm³/mol. The first-order valence-corrected chi connectivity index (χ1v) is 9.20. The van der Waals surface area contributed by atoms with E-state index < -0.39 is 5.91 Å². The minimum absolute atomic E-state index is 0.0163. The van der Waals surface area contributed by atoms with Crippen molar-refractivity contribution in [1.82, 2.24) is 20.1 Å². The van der Waals surface area contributed by atoms with Gasteiger partial charge in [0, 0.05) is 11.9 Å². The van der Waals surface area contributed by atoms with E-state index in [0.29, 0.717) is 17.9 Å². The zero-order valence-electron chi connectivity index (χ0n) is 16.2. The monoisotopic (exact) mass is 405 g/mol. The van der Waals surface area contributed by atoms with Crippen molar-refractivity contribution < 1.29 is 18.7 Å². The average Bonchev–Trinajstić information content (AvgIpc) is 3.39. The Labute approximate surface area is 171 Å². The highest BCUT2D eigenvalue weighted by molar-refractivity contribution is 6.04. The van der Waals surface area contributed by atoms with Crippen molar-refractivity contribution in [3.05, 3.63) is 72.2 Å². The molecule has 152 valence electrons. The summed E-state index contributed by atoms with van der Waals surface area (Å²) < 4.78 is 12.2. The zero-order valence-corrected chi connectivity index (χ0v) is 16.2. The van der Waals surface area contributed by atoms with Crippen LogP contribution in [0.25, 0.3) is 11.0 Å². The number of fused-ring (bicyclic) bond motifs is 1. The first-order valence-electron chi connectivity index (χ1n) is 9.20. The maximum absolute atomic E-state index is 12.5. The topological polar surface area (TPSA) is 111 Å². The van der Waals surface area contributed by atoms with Crippen molar-refractivity contribution in [2.45, 2.75) is 13.1 Å². The Hall–Kier alpha value is -4.14. The first-order chi connectivity index (χ1) is 14.6. The number of anilines is 1. The summed E-state index contributed by atoms with van der Waals surface area (Å²) in [5.41, 5.74) is 1.48. The molecular formula is C21H19N5O4. The zero-order chi connectivity index (χ0) is 20.9. The molecule has 2 amide bonds. The predicted octanol–water partition coefficient (Wildman–Crippen LogP) is 2.60. The summed E-state index contributed by atoms with van der Waals surface area (Å²) in [6, 6.07) is 16.6. The maximum Gasteiger partial charge on any atom is 0.293 e. The number of nitrogens with zero attached hydrogens (tertiary/aromatic N) is 3. The van der Waals surface area contributed by atoms with Gasteiger partial charge in [-0.05, 0) is 17.7 Å². The Morgan fingerprint density at radius 3 is 2.77 bits per heavy atom. The molecule has 30 heavy (non-hydrogen) atoms. The van der Waals surface area contributed by atoms with E-state index in [2.05, 4.69) is 20.7 Å². The van der Waals surface area contributed by atoms with Crippen LogP contribution in [0.3, 0.4) is 0 Å². The second kappa shape index (κ2) is 8.48. The number of ether oxygens (including phenoxy) is 1. The number of benzene rings is 2. The van der Waals surface area contributed by atoms with Gasteiger partial charge in [0.1, 0.15) is 12.9 Å². The molecule has 0 aliphatic carbocycles. The number of carbonyl (C=O) groups excluding carboxylic acids is 2. The molecule has 0 atom stereocenters. The van der Waals surface area contributed by atoms with Crippen molar-refractivity contribution in [2.75, 3.05) is 12.4 Å². The lowest BCUT2D eigenvalue weighted by Crippen LogP contribution is -2.27. The Balaban J connectivity index is 1.36.